The van der Waals surface area contributed by atoms with Crippen LogP contribution < -0.4 is 10.1 Å². The minimum Gasteiger partial charge on any atom is -0.439 e. The van der Waals surface area contributed by atoms with Gasteiger partial charge < -0.3 is 10.1 Å². The topological polar surface area (TPSA) is 34.2 Å². The molecule has 0 saturated heterocycles. The van der Waals surface area contributed by atoms with Gasteiger partial charge in [0, 0.05) is 18.7 Å². The lowest BCUT2D eigenvalue weighted by atomic mass is 10.2. The molecule has 0 spiro atoms. The first-order valence-electron chi connectivity index (χ1n) is 6.40. The van der Waals surface area contributed by atoms with E-state index in [-0.39, 0.29) is 5.82 Å². The molecule has 2 rings (SSSR count). The maximum atomic E-state index is 13.5. The SMILES string of the molecule is CCNCc1nc(Oc2ccc(C)c(F)c2)ccc1Cl. The first kappa shape index (κ1) is 14.8. The van der Waals surface area contributed by atoms with Gasteiger partial charge in [-0.3, -0.25) is 0 Å². The molecule has 106 valence electrons. The van der Waals surface area contributed by atoms with Gasteiger partial charge in [-0.05, 0) is 31.2 Å². The van der Waals surface area contributed by atoms with E-state index in [1.54, 1.807) is 31.2 Å². The summed E-state index contributed by atoms with van der Waals surface area (Å²) in [6.45, 7) is 5.10. The number of rotatable bonds is 5. The van der Waals surface area contributed by atoms with E-state index in [4.69, 9.17) is 16.3 Å². The lowest BCUT2D eigenvalue weighted by molar-refractivity contribution is 0.454. The number of nitrogens with one attached hydrogen (secondary N) is 1. The van der Waals surface area contributed by atoms with Crippen LogP contribution in [0.1, 0.15) is 18.2 Å². The van der Waals surface area contributed by atoms with Crippen LogP contribution in [0.4, 0.5) is 4.39 Å². The van der Waals surface area contributed by atoms with Gasteiger partial charge >= 0.3 is 0 Å². The van der Waals surface area contributed by atoms with Crippen molar-refractivity contribution in [3.63, 3.8) is 0 Å². The fraction of sp³-hybridized carbons (Fsp3) is 0.267. The molecule has 0 radical (unpaired) electrons. The molecule has 0 aliphatic carbocycles. The number of aryl methyl sites for hydroxylation is 1. The summed E-state index contributed by atoms with van der Waals surface area (Å²) in [6, 6.07) is 8.10. The zero-order valence-electron chi connectivity index (χ0n) is 11.4. The molecule has 1 aromatic carbocycles. The zero-order valence-corrected chi connectivity index (χ0v) is 12.2. The smallest absolute Gasteiger partial charge is 0.219 e. The highest BCUT2D eigenvalue weighted by molar-refractivity contribution is 6.31. The Bertz CT molecular complexity index is 604. The number of pyridine rings is 1. The van der Waals surface area contributed by atoms with E-state index >= 15 is 0 Å². The Hall–Kier alpha value is -1.65. The van der Waals surface area contributed by atoms with Gasteiger partial charge in [-0.15, -0.1) is 0 Å². The lowest BCUT2D eigenvalue weighted by Gasteiger charge is -2.09. The van der Waals surface area contributed by atoms with E-state index in [1.165, 1.54) is 6.07 Å². The van der Waals surface area contributed by atoms with Crippen molar-refractivity contribution in [3.8, 4) is 11.6 Å². The van der Waals surface area contributed by atoms with Gasteiger partial charge in [0.15, 0.2) is 0 Å². The Balaban J connectivity index is 2.18. The third kappa shape index (κ3) is 3.68. The Morgan fingerprint density at radius 2 is 2.10 bits per heavy atom. The Morgan fingerprint density at radius 1 is 1.30 bits per heavy atom. The molecule has 0 fully saturated rings. The summed E-state index contributed by atoms with van der Waals surface area (Å²) >= 11 is 6.06. The van der Waals surface area contributed by atoms with E-state index in [2.05, 4.69) is 10.3 Å². The summed E-state index contributed by atoms with van der Waals surface area (Å²) in [6.07, 6.45) is 0. The number of aromatic nitrogens is 1. The van der Waals surface area contributed by atoms with Crippen molar-refractivity contribution in [2.24, 2.45) is 0 Å². The largest absolute Gasteiger partial charge is 0.439 e. The Labute approximate surface area is 122 Å². The molecule has 2 aromatic rings. The highest BCUT2D eigenvalue weighted by atomic mass is 35.5. The molecule has 0 aliphatic heterocycles. The molecule has 1 heterocycles. The summed E-state index contributed by atoms with van der Waals surface area (Å²) in [7, 11) is 0. The molecule has 1 aromatic heterocycles. The summed E-state index contributed by atoms with van der Waals surface area (Å²) < 4.78 is 19.0. The van der Waals surface area contributed by atoms with Crippen LogP contribution in [-0.4, -0.2) is 11.5 Å². The van der Waals surface area contributed by atoms with Crippen LogP contribution in [0.5, 0.6) is 11.6 Å². The van der Waals surface area contributed by atoms with Crippen LogP contribution in [0.25, 0.3) is 0 Å². The van der Waals surface area contributed by atoms with Crippen LogP contribution in [0, 0.1) is 12.7 Å². The number of ether oxygens (including phenoxy) is 1. The van der Waals surface area contributed by atoms with Gasteiger partial charge in [-0.25, -0.2) is 9.37 Å². The second-order valence-corrected chi connectivity index (χ2v) is 4.78. The van der Waals surface area contributed by atoms with Crippen molar-refractivity contribution >= 4 is 11.6 Å². The minimum absolute atomic E-state index is 0.302. The van der Waals surface area contributed by atoms with Crippen LogP contribution in [0.2, 0.25) is 5.02 Å². The second-order valence-electron chi connectivity index (χ2n) is 4.37. The number of hydrogen-bond acceptors (Lipinski definition) is 3. The summed E-state index contributed by atoms with van der Waals surface area (Å²) in [4.78, 5) is 4.32. The highest BCUT2D eigenvalue weighted by Gasteiger charge is 2.07. The normalized spacial score (nSPS) is 10.6. The lowest BCUT2D eigenvalue weighted by Crippen LogP contribution is -2.13. The van der Waals surface area contributed by atoms with Gasteiger partial charge in [0.25, 0.3) is 0 Å². The molecule has 0 amide bonds. The molecule has 0 atom stereocenters. The summed E-state index contributed by atoms with van der Waals surface area (Å²) in [5, 5.41) is 3.73. The molecule has 0 bridgehead atoms. The number of nitrogens with zero attached hydrogens (tertiary/aromatic N) is 1. The number of hydrogen-bond donors (Lipinski definition) is 1. The fourth-order valence-corrected chi connectivity index (χ4v) is 1.82. The predicted octanol–water partition coefficient (Wildman–Crippen LogP) is 4.08. The van der Waals surface area contributed by atoms with Crippen molar-refractivity contribution < 1.29 is 9.13 Å². The van der Waals surface area contributed by atoms with Crippen molar-refractivity contribution in [1.82, 2.24) is 10.3 Å². The van der Waals surface area contributed by atoms with E-state index in [0.717, 1.165) is 6.54 Å². The van der Waals surface area contributed by atoms with E-state index in [1.807, 2.05) is 6.92 Å². The zero-order chi connectivity index (χ0) is 14.5. The van der Waals surface area contributed by atoms with Gasteiger partial charge in [0.05, 0.1) is 10.7 Å². The first-order chi connectivity index (χ1) is 9.60. The average molecular weight is 295 g/mol. The van der Waals surface area contributed by atoms with Crippen LogP contribution in [-0.2, 0) is 6.54 Å². The third-order valence-electron chi connectivity index (χ3n) is 2.80. The van der Waals surface area contributed by atoms with E-state index in [9.17, 15) is 4.39 Å². The summed E-state index contributed by atoms with van der Waals surface area (Å²) in [5.74, 6) is 0.507. The minimum atomic E-state index is -0.302. The average Bonchev–Trinajstić information content (AvgIpc) is 2.43. The van der Waals surface area contributed by atoms with Crippen molar-refractivity contribution in [2.45, 2.75) is 20.4 Å². The van der Waals surface area contributed by atoms with Crippen LogP contribution >= 0.6 is 11.6 Å². The fourth-order valence-electron chi connectivity index (χ4n) is 1.65. The van der Waals surface area contributed by atoms with Crippen molar-refractivity contribution in [3.05, 3.63) is 52.4 Å². The van der Waals surface area contributed by atoms with Gasteiger partial charge in [0.2, 0.25) is 5.88 Å². The van der Waals surface area contributed by atoms with E-state index < -0.39 is 0 Å². The standard InChI is InChI=1S/C15H16ClFN2O/c1-3-18-9-14-12(16)6-7-15(19-14)20-11-5-4-10(2)13(17)8-11/h4-8,18H,3,9H2,1-2H3. The van der Waals surface area contributed by atoms with Gasteiger partial charge in [-0.1, -0.05) is 24.6 Å². The van der Waals surface area contributed by atoms with Gasteiger partial charge in [0.1, 0.15) is 11.6 Å². The van der Waals surface area contributed by atoms with Crippen LogP contribution in [0.3, 0.4) is 0 Å². The van der Waals surface area contributed by atoms with Crippen molar-refractivity contribution in [2.75, 3.05) is 6.54 Å². The molecule has 0 aliphatic rings. The van der Waals surface area contributed by atoms with E-state index in [0.29, 0.717) is 34.5 Å². The Kier molecular flexibility index (Phi) is 4.93. The first-order valence-corrected chi connectivity index (χ1v) is 6.78. The molecule has 3 nitrogen and oxygen atoms in total. The quantitative estimate of drug-likeness (QED) is 0.902. The molecule has 20 heavy (non-hydrogen) atoms. The summed E-state index contributed by atoms with van der Waals surface area (Å²) in [5.41, 5.74) is 1.29. The second kappa shape index (κ2) is 6.68. The van der Waals surface area contributed by atoms with Crippen LogP contribution in [0.15, 0.2) is 30.3 Å². The predicted molar refractivity (Wildman–Crippen MR) is 77.8 cm³/mol. The molecule has 0 saturated carbocycles. The maximum Gasteiger partial charge on any atom is 0.219 e. The molecule has 0 unspecified atom stereocenters. The molecular weight excluding hydrogens is 279 g/mol. The highest BCUT2D eigenvalue weighted by Crippen LogP contribution is 2.24. The monoisotopic (exact) mass is 294 g/mol. The van der Waals surface area contributed by atoms with Gasteiger partial charge in [-0.2, -0.15) is 0 Å². The number of benzene rings is 1. The molecule has 1 N–H and O–H groups in total. The van der Waals surface area contributed by atoms with Crippen molar-refractivity contribution in [1.29, 1.82) is 0 Å². The molecular formula is C15H16ClFN2O. The molecule has 5 heteroatoms. The third-order valence-corrected chi connectivity index (χ3v) is 3.15. The maximum absolute atomic E-state index is 13.5. The Morgan fingerprint density at radius 3 is 2.80 bits per heavy atom. The number of halogens is 2.